The average Bonchev–Trinajstić information content (AvgIpc) is 2.68. The molecule has 0 aromatic heterocycles. The lowest BCUT2D eigenvalue weighted by Crippen LogP contribution is -2.50. The fourth-order valence-electron chi connectivity index (χ4n) is 3.26. The molecule has 1 rings (SSSR count). The fourth-order valence-corrected chi connectivity index (χ4v) is 3.26. The van der Waals surface area contributed by atoms with Gasteiger partial charge in [-0.2, -0.15) is 0 Å². The van der Waals surface area contributed by atoms with Crippen molar-refractivity contribution < 1.29 is 19.2 Å². The van der Waals surface area contributed by atoms with Crippen LogP contribution in [0.3, 0.4) is 0 Å². The van der Waals surface area contributed by atoms with Crippen molar-refractivity contribution in [1.29, 1.82) is 0 Å². The molecule has 27 heavy (non-hydrogen) atoms. The third kappa shape index (κ3) is 13.7. The first-order valence-corrected chi connectivity index (χ1v) is 10.9. The quantitative estimate of drug-likeness (QED) is 0.366. The molecular weight excluding hydrogens is 337 g/mol. The van der Waals surface area contributed by atoms with E-state index < -0.39 is 7.32 Å². The van der Waals surface area contributed by atoms with Gasteiger partial charge in [0.25, 0.3) is 0 Å². The van der Waals surface area contributed by atoms with Crippen LogP contribution in [0.2, 0.25) is 0 Å². The number of nitrogens with zero attached hydrogens (tertiary/aromatic N) is 1. The van der Waals surface area contributed by atoms with Crippen molar-refractivity contribution in [2.75, 3.05) is 26.2 Å². The lowest BCUT2D eigenvalue weighted by molar-refractivity contribution is -0.929. The molecule has 1 aromatic rings. The highest BCUT2D eigenvalue weighted by Crippen LogP contribution is 2.16. The van der Waals surface area contributed by atoms with Gasteiger partial charge >= 0.3 is 0 Å². The van der Waals surface area contributed by atoms with Crippen molar-refractivity contribution in [3.05, 3.63) is 30.3 Å². The zero-order valence-corrected chi connectivity index (χ0v) is 18.1. The van der Waals surface area contributed by atoms with Crippen molar-refractivity contribution in [3.63, 3.8) is 0 Å². The van der Waals surface area contributed by atoms with E-state index in [2.05, 4.69) is 32.3 Å². The van der Waals surface area contributed by atoms with E-state index in [9.17, 15) is 10.0 Å². The van der Waals surface area contributed by atoms with Crippen LogP contribution in [-0.2, 0) is 0 Å². The largest absolute Gasteiger partial charge is 0.860 e. The number of para-hydroxylation sites is 1. The molecule has 0 unspecified atom stereocenters. The maximum Gasteiger partial charge on any atom is 0.133 e. The SMILES string of the molecule is CCCC[N+](CCCC)(CCCC)CCCC.[O-]B([O-])Oc1ccccc1. The predicted molar refractivity (Wildman–Crippen MR) is 112 cm³/mol. The summed E-state index contributed by atoms with van der Waals surface area (Å²) in [6, 6.07) is 8.28. The van der Waals surface area contributed by atoms with Crippen molar-refractivity contribution in [1.82, 2.24) is 0 Å². The van der Waals surface area contributed by atoms with E-state index in [0.29, 0.717) is 5.75 Å². The number of benzene rings is 1. The summed E-state index contributed by atoms with van der Waals surface area (Å²) in [5.74, 6) is 0.317. The second-order valence-electron chi connectivity index (χ2n) is 7.37. The smallest absolute Gasteiger partial charge is 0.133 e. The Morgan fingerprint density at radius 3 is 1.37 bits per heavy atom. The van der Waals surface area contributed by atoms with E-state index >= 15 is 0 Å². The molecule has 0 radical (unpaired) electrons. The van der Waals surface area contributed by atoms with Crippen LogP contribution in [0, 0.1) is 0 Å². The average molecular weight is 378 g/mol. The number of unbranched alkanes of at least 4 members (excludes halogenated alkanes) is 4. The van der Waals surface area contributed by atoms with Crippen LogP contribution in [0.5, 0.6) is 5.75 Å². The van der Waals surface area contributed by atoms with Crippen LogP contribution in [0.15, 0.2) is 30.3 Å². The Morgan fingerprint density at radius 2 is 1.07 bits per heavy atom. The van der Waals surface area contributed by atoms with Gasteiger partial charge < -0.3 is 19.2 Å². The van der Waals surface area contributed by atoms with Gasteiger partial charge in [-0.05, 0) is 37.8 Å². The van der Waals surface area contributed by atoms with Gasteiger partial charge in [-0.15, -0.1) is 0 Å². The summed E-state index contributed by atoms with van der Waals surface area (Å²) in [5, 5.41) is 19.8. The van der Waals surface area contributed by atoms with E-state index in [1.165, 1.54) is 82.0 Å². The highest BCUT2D eigenvalue weighted by molar-refractivity contribution is 6.29. The minimum Gasteiger partial charge on any atom is -0.860 e. The lowest BCUT2D eigenvalue weighted by Gasteiger charge is -2.39. The highest BCUT2D eigenvalue weighted by atomic mass is 16.6. The molecule has 0 aliphatic carbocycles. The number of hydrogen-bond donors (Lipinski definition) is 0. The summed E-state index contributed by atoms with van der Waals surface area (Å²) in [7, 11) is -2.23. The Bertz CT molecular complexity index is 391. The maximum atomic E-state index is 9.92. The minimum atomic E-state index is -2.23. The molecule has 5 heteroatoms. The molecule has 1 aromatic carbocycles. The van der Waals surface area contributed by atoms with E-state index in [-0.39, 0.29) is 0 Å². The third-order valence-corrected chi connectivity index (χ3v) is 4.92. The molecule has 0 saturated carbocycles. The Balaban J connectivity index is 0.000000569. The summed E-state index contributed by atoms with van der Waals surface area (Å²) < 4.78 is 5.72. The fraction of sp³-hybridized carbons (Fsp3) is 0.727. The number of rotatable bonds is 14. The van der Waals surface area contributed by atoms with Crippen molar-refractivity contribution in [2.24, 2.45) is 0 Å². The topological polar surface area (TPSA) is 55.3 Å². The van der Waals surface area contributed by atoms with Crippen LogP contribution in [0.4, 0.5) is 0 Å². The number of quaternary nitrogens is 1. The summed E-state index contributed by atoms with van der Waals surface area (Å²) in [5.41, 5.74) is 0. The Morgan fingerprint density at radius 1 is 0.704 bits per heavy atom. The zero-order chi connectivity index (χ0) is 20.4. The summed E-state index contributed by atoms with van der Waals surface area (Å²) in [6.07, 6.45) is 11.1. The first-order valence-electron chi connectivity index (χ1n) is 10.9. The standard InChI is InChI=1S/C16H36N.C6H5BO3/c1-5-9-13-17(14-10-6-2,15-11-7-3)16-12-8-4;8-7(9)10-6-4-2-1-3-5-6/h5-16H2,1-4H3;1-5H/q+1;-2. The molecule has 0 spiro atoms. The number of hydrogen-bond acceptors (Lipinski definition) is 3. The monoisotopic (exact) mass is 378 g/mol. The summed E-state index contributed by atoms with van der Waals surface area (Å²) in [6.45, 7) is 15.0. The van der Waals surface area contributed by atoms with E-state index in [4.69, 9.17) is 0 Å². The Kier molecular flexibility index (Phi) is 16.4. The maximum absolute atomic E-state index is 9.92. The second kappa shape index (κ2) is 17.1. The Labute approximate surface area is 168 Å². The van der Waals surface area contributed by atoms with Crippen molar-refractivity contribution in [2.45, 2.75) is 79.1 Å². The molecular formula is C22H41BNO3-. The second-order valence-corrected chi connectivity index (χ2v) is 7.37. The van der Waals surface area contributed by atoms with Crippen LogP contribution in [-0.4, -0.2) is 38.0 Å². The molecule has 0 heterocycles. The van der Waals surface area contributed by atoms with Gasteiger partial charge in [-0.25, -0.2) is 0 Å². The third-order valence-electron chi connectivity index (χ3n) is 4.92. The molecule has 0 atom stereocenters. The molecule has 156 valence electrons. The van der Waals surface area contributed by atoms with Crippen molar-refractivity contribution >= 4 is 7.32 Å². The molecule has 0 amide bonds. The zero-order valence-electron chi connectivity index (χ0n) is 18.1. The van der Waals surface area contributed by atoms with Gasteiger partial charge in [0, 0.05) is 0 Å². The lowest BCUT2D eigenvalue weighted by atomic mass is 10.1. The van der Waals surface area contributed by atoms with E-state index in [1.54, 1.807) is 30.3 Å². The Hall–Kier alpha value is -1.04. The van der Waals surface area contributed by atoms with Crippen LogP contribution in [0.25, 0.3) is 0 Å². The molecule has 0 aliphatic rings. The predicted octanol–water partition coefficient (Wildman–Crippen LogP) is 3.77. The molecule has 0 bridgehead atoms. The molecule has 0 aliphatic heterocycles. The first kappa shape index (κ1) is 26.0. The first-order chi connectivity index (χ1) is 13.0. The summed E-state index contributed by atoms with van der Waals surface area (Å²) >= 11 is 0. The molecule has 4 nitrogen and oxygen atoms in total. The van der Waals surface area contributed by atoms with Crippen LogP contribution >= 0.6 is 0 Å². The van der Waals surface area contributed by atoms with E-state index in [1.807, 2.05) is 0 Å². The van der Waals surface area contributed by atoms with E-state index in [0.717, 1.165) is 0 Å². The molecule has 0 saturated heterocycles. The van der Waals surface area contributed by atoms with Gasteiger partial charge in [-0.1, -0.05) is 71.6 Å². The van der Waals surface area contributed by atoms with Gasteiger partial charge in [0.05, 0.1) is 31.9 Å². The van der Waals surface area contributed by atoms with Gasteiger partial charge in [0.1, 0.15) is 7.32 Å². The van der Waals surface area contributed by atoms with Crippen LogP contribution in [0.1, 0.15) is 79.1 Å². The summed E-state index contributed by atoms with van der Waals surface area (Å²) in [4.78, 5) is 0. The van der Waals surface area contributed by atoms with Gasteiger partial charge in [0.15, 0.2) is 0 Å². The van der Waals surface area contributed by atoms with Gasteiger partial charge in [-0.3, -0.25) is 0 Å². The minimum absolute atomic E-state index is 0.317. The normalized spacial score (nSPS) is 10.9. The highest BCUT2D eigenvalue weighted by Gasteiger charge is 2.24. The molecule has 0 fully saturated rings. The van der Waals surface area contributed by atoms with Gasteiger partial charge in [0.2, 0.25) is 0 Å². The van der Waals surface area contributed by atoms with Crippen molar-refractivity contribution in [3.8, 4) is 5.75 Å². The molecule has 0 N–H and O–H groups in total. The van der Waals surface area contributed by atoms with Crippen LogP contribution < -0.4 is 14.7 Å².